The predicted octanol–water partition coefficient (Wildman–Crippen LogP) is 4.03. The fraction of sp³-hybridized carbons (Fsp3) is 0.176. The molecule has 0 radical (unpaired) electrons. The number of benzene rings is 2. The first-order chi connectivity index (χ1) is 10.5. The highest BCUT2D eigenvalue weighted by atomic mass is 79.9. The summed E-state index contributed by atoms with van der Waals surface area (Å²) in [5, 5.41) is 5.47. The molecule has 0 fully saturated rings. The maximum atomic E-state index is 12.0. The van der Waals surface area contributed by atoms with E-state index in [0.29, 0.717) is 5.69 Å². The SMILES string of the molecule is Cc1cccc(NC(=O)CC(=O)Nc2cccc(Br)c2)c1C. The topological polar surface area (TPSA) is 58.2 Å². The van der Waals surface area contributed by atoms with Gasteiger partial charge in [-0.2, -0.15) is 0 Å². The third-order valence-electron chi connectivity index (χ3n) is 3.31. The number of anilines is 2. The van der Waals surface area contributed by atoms with Crippen LogP contribution >= 0.6 is 15.9 Å². The van der Waals surface area contributed by atoms with E-state index in [4.69, 9.17) is 0 Å². The molecule has 2 N–H and O–H groups in total. The lowest BCUT2D eigenvalue weighted by Crippen LogP contribution is -2.21. The Morgan fingerprint density at radius 2 is 1.68 bits per heavy atom. The van der Waals surface area contributed by atoms with Gasteiger partial charge in [0.2, 0.25) is 11.8 Å². The first kappa shape index (κ1) is 16.2. The minimum absolute atomic E-state index is 0.222. The van der Waals surface area contributed by atoms with Crippen molar-refractivity contribution >= 4 is 39.1 Å². The summed E-state index contributed by atoms with van der Waals surface area (Å²) in [6, 6.07) is 12.9. The predicted molar refractivity (Wildman–Crippen MR) is 91.9 cm³/mol. The van der Waals surface area contributed by atoms with E-state index < -0.39 is 0 Å². The number of aryl methyl sites for hydroxylation is 1. The Kier molecular flexibility index (Phi) is 5.33. The summed E-state index contributed by atoms with van der Waals surface area (Å²) in [5.41, 5.74) is 3.49. The van der Waals surface area contributed by atoms with E-state index in [-0.39, 0.29) is 18.2 Å². The van der Waals surface area contributed by atoms with Gasteiger partial charge in [-0.3, -0.25) is 9.59 Å². The van der Waals surface area contributed by atoms with Crippen molar-refractivity contribution in [1.82, 2.24) is 0 Å². The van der Waals surface area contributed by atoms with Crippen molar-refractivity contribution in [3.8, 4) is 0 Å². The van der Waals surface area contributed by atoms with Gasteiger partial charge in [-0.05, 0) is 49.2 Å². The van der Waals surface area contributed by atoms with E-state index >= 15 is 0 Å². The molecule has 0 heterocycles. The largest absolute Gasteiger partial charge is 0.326 e. The van der Waals surface area contributed by atoms with Crippen molar-refractivity contribution in [1.29, 1.82) is 0 Å². The number of nitrogens with one attached hydrogen (secondary N) is 2. The van der Waals surface area contributed by atoms with Gasteiger partial charge < -0.3 is 10.6 Å². The number of hydrogen-bond donors (Lipinski definition) is 2. The highest BCUT2D eigenvalue weighted by Gasteiger charge is 2.11. The van der Waals surface area contributed by atoms with Crippen LogP contribution in [0.2, 0.25) is 0 Å². The molecule has 2 aromatic carbocycles. The van der Waals surface area contributed by atoms with Crippen LogP contribution in [-0.2, 0) is 9.59 Å². The molecule has 114 valence electrons. The van der Waals surface area contributed by atoms with Crippen molar-refractivity contribution in [2.75, 3.05) is 10.6 Å². The molecule has 0 saturated carbocycles. The lowest BCUT2D eigenvalue weighted by molar-refractivity contribution is -0.123. The summed E-state index contributed by atoms with van der Waals surface area (Å²) < 4.78 is 0.866. The van der Waals surface area contributed by atoms with Crippen LogP contribution < -0.4 is 10.6 Å². The van der Waals surface area contributed by atoms with E-state index in [9.17, 15) is 9.59 Å². The first-order valence-corrected chi connectivity index (χ1v) is 7.66. The van der Waals surface area contributed by atoms with Crippen LogP contribution in [0.15, 0.2) is 46.9 Å². The fourth-order valence-electron chi connectivity index (χ4n) is 2.00. The lowest BCUT2D eigenvalue weighted by atomic mass is 10.1. The van der Waals surface area contributed by atoms with Gasteiger partial charge in [0, 0.05) is 15.8 Å². The zero-order chi connectivity index (χ0) is 16.1. The maximum Gasteiger partial charge on any atom is 0.233 e. The lowest BCUT2D eigenvalue weighted by Gasteiger charge is -2.10. The van der Waals surface area contributed by atoms with Crippen LogP contribution in [0.25, 0.3) is 0 Å². The monoisotopic (exact) mass is 360 g/mol. The Labute approximate surface area is 138 Å². The fourth-order valence-corrected chi connectivity index (χ4v) is 2.40. The average molecular weight is 361 g/mol. The van der Waals surface area contributed by atoms with Gasteiger partial charge in [0.25, 0.3) is 0 Å². The molecule has 0 spiro atoms. The van der Waals surface area contributed by atoms with E-state index in [2.05, 4.69) is 26.6 Å². The van der Waals surface area contributed by atoms with E-state index in [1.807, 2.05) is 44.2 Å². The van der Waals surface area contributed by atoms with Gasteiger partial charge in [0.1, 0.15) is 6.42 Å². The van der Waals surface area contributed by atoms with Crippen LogP contribution in [0, 0.1) is 13.8 Å². The summed E-state index contributed by atoms with van der Waals surface area (Å²) in [4.78, 5) is 23.9. The minimum Gasteiger partial charge on any atom is -0.326 e. The van der Waals surface area contributed by atoms with Gasteiger partial charge in [-0.1, -0.05) is 34.1 Å². The Balaban J connectivity index is 1.94. The van der Waals surface area contributed by atoms with E-state index in [0.717, 1.165) is 21.3 Å². The molecule has 2 aromatic rings. The number of carbonyl (C=O) groups is 2. The third kappa shape index (κ3) is 4.43. The molecule has 0 aromatic heterocycles. The molecule has 4 nitrogen and oxygen atoms in total. The molecular weight excluding hydrogens is 344 g/mol. The van der Waals surface area contributed by atoms with Gasteiger partial charge in [0.05, 0.1) is 0 Å². The molecule has 0 saturated heterocycles. The molecule has 2 rings (SSSR count). The van der Waals surface area contributed by atoms with Crippen molar-refractivity contribution in [3.05, 3.63) is 58.1 Å². The van der Waals surface area contributed by atoms with Gasteiger partial charge >= 0.3 is 0 Å². The summed E-state index contributed by atoms with van der Waals surface area (Å²) >= 11 is 3.33. The Hall–Kier alpha value is -2.14. The molecule has 22 heavy (non-hydrogen) atoms. The second-order valence-electron chi connectivity index (χ2n) is 5.03. The van der Waals surface area contributed by atoms with Crippen LogP contribution in [0.3, 0.4) is 0 Å². The van der Waals surface area contributed by atoms with Crippen molar-refractivity contribution < 1.29 is 9.59 Å². The number of rotatable bonds is 4. The highest BCUT2D eigenvalue weighted by Crippen LogP contribution is 2.18. The van der Waals surface area contributed by atoms with Crippen molar-refractivity contribution in [2.45, 2.75) is 20.3 Å². The molecule has 2 amide bonds. The summed E-state index contributed by atoms with van der Waals surface area (Å²) in [6.45, 7) is 3.91. The zero-order valence-electron chi connectivity index (χ0n) is 12.4. The molecular formula is C17H17BrN2O2. The molecule has 0 unspecified atom stereocenters. The van der Waals surface area contributed by atoms with Crippen LogP contribution in [0.5, 0.6) is 0 Å². The third-order valence-corrected chi connectivity index (χ3v) is 3.80. The Morgan fingerprint density at radius 1 is 1.00 bits per heavy atom. The quantitative estimate of drug-likeness (QED) is 0.808. The van der Waals surface area contributed by atoms with Gasteiger partial charge in [0.15, 0.2) is 0 Å². The molecule has 0 atom stereocenters. The van der Waals surface area contributed by atoms with Crippen LogP contribution in [0.4, 0.5) is 11.4 Å². The maximum absolute atomic E-state index is 12.0. The summed E-state index contributed by atoms with van der Waals surface area (Å²) in [6.07, 6.45) is -0.222. The molecule has 0 aliphatic rings. The number of amides is 2. The highest BCUT2D eigenvalue weighted by molar-refractivity contribution is 9.10. The van der Waals surface area contributed by atoms with Gasteiger partial charge in [-0.15, -0.1) is 0 Å². The molecule has 0 aliphatic heterocycles. The van der Waals surface area contributed by atoms with Crippen LogP contribution in [0.1, 0.15) is 17.5 Å². The second-order valence-corrected chi connectivity index (χ2v) is 5.95. The minimum atomic E-state index is -0.346. The second kappa shape index (κ2) is 7.22. The standard InChI is InChI=1S/C17H17BrN2O2/c1-11-5-3-8-15(12(11)2)20-17(22)10-16(21)19-14-7-4-6-13(18)9-14/h3-9H,10H2,1-2H3,(H,19,21)(H,20,22). The molecule has 5 heteroatoms. The van der Waals surface area contributed by atoms with E-state index in [1.165, 1.54) is 0 Å². The van der Waals surface area contributed by atoms with Crippen molar-refractivity contribution in [2.24, 2.45) is 0 Å². The van der Waals surface area contributed by atoms with Crippen molar-refractivity contribution in [3.63, 3.8) is 0 Å². The number of halogens is 1. The average Bonchev–Trinajstić information content (AvgIpc) is 2.43. The summed E-state index contributed by atoms with van der Waals surface area (Å²) in [5.74, 6) is -0.679. The Morgan fingerprint density at radius 3 is 2.41 bits per heavy atom. The van der Waals surface area contributed by atoms with E-state index in [1.54, 1.807) is 12.1 Å². The van der Waals surface area contributed by atoms with Gasteiger partial charge in [-0.25, -0.2) is 0 Å². The smallest absolute Gasteiger partial charge is 0.233 e. The Bertz CT molecular complexity index is 714. The van der Waals surface area contributed by atoms with Crippen LogP contribution in [-0.4, -0.2) is 11.8 Å². The number of carbonyl (C=O) groups excluding carboxylic acids is 2. The first-order valence-electron chi connectivity index (χ1n) is 6.87. The molecule has 0 bridgehead atoms. The molecule has 0 aliphatic carbocycles. The number of hydrogen-bond acceptors (Lipinski definition) is 2. The zero-order valence-corrected chi connectivity index (χ0v) is 14.0. The summed E-state index contributed by atoms with van der Waals surface area (Å²) in [7, 11) is 0. The normalized spacial score (nSPS) is 10.1.